The highest BCUT2D eigenvalue weighted by Gasteiger charge is 2.55. The topological polar surface area (TPSA) is 57.5 Å². The van der Waals surface area contributed by atoms with Crippen molar-refractivity contribution in [3.8, 4) is 0 Å². The van der Waals surface area contributed by atoms with Gasteiger partial charge in [0.1, 0.15) is 12.7 Å². The monoisotopic (exact) mass is 420 g/mol. The minimum absolute atomic E-state index is 0.175. The predicted molar refractivity (Wildman–Crippen MR) is 103 cm³/mol. The fourth-order valence-corrected chi connectivity index (χ4v) is 4.86. The number of hydrogen-bond donors (Lipinski definition) is 0. The molecule has 1 aromatic heterocycles. The van der Waals surface area contributed by atoms with Crippen LogP contribution < -0.4 is 4.90 Å². The molecule has 0 aliphatic carbocycles. The van der Waals surface area contributed by atoms with E-state index in [0.29, 0.717) is 31.9 Å². The number of aromatic nitrogens is 3. The van der Waals surface area contributed by atoms with Crippen LogP contribution in [-0.4, -0.2) is 68.9 Å². The summed E-state index contributed by atoms with van der Waals surface area (Å²) in [5, 5.41) is 3.92. The van der Waals surface area contributed by atoms with Gasteiger partial charge in [0, 0.05) is 45.0 Å². The molecule has 30 heavy (non-hydrogen) atoms. The third-order valence-electron chi connectivity index (χ3n) is 6.51. The number of likely N-dealkylation sites (tertiary alicyclic amines) is 2. The second-order valence-corrected chi connectivity index (χ2v) is 8.43. The first-order valence-corrected chi connectivity index (χ1v) is 10.2. The van der Waals surface area contributed by atoms with Crippen molar-refractivity contribution in [2.45, 2.75) is 37.5 Å². The Hall–Kier alpha value is -2.62. The van der Waals surface area contributed by atoms with Gasteiger partial charge in [0.15, 0.2) is 0 Å². The Bertz CT molecular complexity index is 933. The highest BCUT2D eigenvalue weighted by Crippen LogP contribution is 2.41. The van der Waals surface area contributed by atoms with Gasteiger partial charge in [-0.05, 0) is 37.0 Å². The van der Waals surface area contributed by atoms with Gasteiger partial charge in [0.25, 0.3) is 0 Å². The van der Waals surface area contributed by atoms with Crippen LogP contribution in [0.25, 0.3) is 0 Å². The first-order valence-electron chi connectivity index (χ1n) is 10.2. The van der Waals surface area contributed by atoms with Crippen LogP contribution in [0.15, 0.2) is 30.9 Å². The molecule has 7 nitrogen and oxygen atoms in total. The summed E-state index contributed by atoms with van der Waals surface area (Å²) in [6.07, 6.45) is 1.32. The van der Waals surface area contributed by atoms with Crippen LogP contribution in [0.3, 0.4) is 0 Å². The maximum absolute atomic E-state index is 13.2. The summed E-state index contributed by atoms with van der Waals surface area (Å²) >= 11 is 0. The molecule has 0 N–H and O–H groups in total. The second-order valence-electron chi connectivity index (χ2n) is 8.43. The number of halogens is 3. The summed E-state index contributed by atoms with van der Waals surface area (Å²) in [4.78, 5) is 22.5. The molecule has 10 heteroatoms. The van der Waals surface area contributed by atoms with E-state index in [1.807, 2.05) is 4.90 Å². The van der Waals surface area contributed by atoms with Gasteiger partial charge in [-0.3, -0.25) is 4.90 Å². The van der Waals surface area contributed by atoms with Crippen molar-refractivity contribution >= 4 is 11.7 Å². The number of nitrogens with zero attached hydrogens (tertiary/aromatic N) is 6. The lowest BCUT2D eigenvalue weighted by Crippen LogP contribution is -2.77. The van der Waals surface area contributed by atoms with E-state index in [2.05, 4.69) is 19.9 Å². The Labute approximate surface area is 172 Å². The van der Waals surface area contributed by atoms with E-state index in [1.54, 1.807) is 6.07 Å². The number of benzene rings is 1. The SMILES string of the molecule is O=C(N1CCC12CN(Cc1ccc(C(F)(F)F)cc1N1CCCC1)C2)n1cncn1. The van der Waals surface area contributed by atoms with Crippen LogP contribution in [0, 0.1) is 0 Å². The van der Waals surface area contributed by atoms with Crippen molar-refractivity contribution in [1.29, 1.82) is 0 Å². The average molecular weight is 420 g/mol. The summed E-state index contributed by atoms with van der Waals surface area (Å²) in [6, 6.07) is 3.90. The van der Waals surface area contributed by atoms with Crippen molar-refractivity contribution in [2.24, 2.45) is 0 Å². The Morgan fingerprint density at radius 2 is 1.90 bits per heavy atom. The minimum Gasteiger partial charge on any atom is -0.371 e. The molecule has 3 aliphatic heterocycles. The number of amides is 1. The first kappa shape index (κ1) is 19.3. The molecule has 3 saturated heterocycles. The molecule has 0 unspecified atom stereocenters. The van der Waals surface area contributed by atoms with E-state index in [0.717, 1.165) is 37.9 Å². The molecule has 0 atom stereocenters. The molecular formula is C20H23F3N6O. The fourth-order valence-electron chi connectivity index (χ4n) is 4.86. The lowest BCUT2D eigenvalue weighted by Gasteiger charge is -2.62. The van der Waals surface area contributed by atoms with Gasteiger partial charge in [0.05, 0.1) is 11.1 Å². The Kier molecular flexibility index (Phi) is 4.49. The number of anilines is 1. The van der Waals surface area contributed by atoms with Crippen molar-refractivity contribution in [3.05, 3.63) is 42.0 Å². The molecule has 4 heterocycles. The van der Waals surface area contributed by atoms with Crippen LogP contribution in [-0.2, 0) is 12.7 Å². The summed E-state index contributed by atoms with van der Waals surface area (Å²) in [5.41, 5.74) is 0.806. The van der Waals surface area contributed by atoms with Gasteiger partial charge in [-0.2, -0.15) is 23.0 Å². The van der Waals surface area contributed by atoms with Gasteiger partial charge in [-0.1, -0.05) is 6.07 Å². The molecule has 5 rings (SSSR count). The summed E-state index contributed by atoms with van der Waals surface area (Å²) in [6.45, 7) is 4.28. The Morgan fingerprint density at radius 1 is 1.13 bits per heavy atom. The van der Waals surface area contributed by atoms with Crippen LogP contribution in [0.1, 0.15) is 30.4 Å². The molecule has 1 amide bonds. The third kappa shape index (κ3) is 3.23. The van der Waals surface area contributed by atoms with E-state index in [9.17, 15) is 18.0 Å². The molecule has 160 valence electrons. The normalized spacial score (nSPS) is 21.0. The highest BCUT2D eigenvalue weighted by molar-refractivity contribution is 5.78. The molecule has 3 aliphatic rings. The smallest absolute Gasteiger partial charge is 0.371 e. The van der Waals surface area contributed by atoms with Gasteiger partial charge < -0.3 is 9.80 Å². The molecule has 2 aromatic rings. The maximum Gasteiger partial charge on any atom is 0.416 e. The number of rotatable bonds is 3. The lowest BCUT2D eigenvalue weighted by molar-refractivity contribution is -0.137. The number of carbonyl (C=O) groups is 1. The molecule has 1 spiro atoms. The van der Waals surface area contributed by atoms with Crippen molar-refractivity contribution < 1.29 is 18.0 Å². The first-order chi connectivity index (χ1) is 14.4. The number of hydrogen-bond acceptors (Lipinski definition) is 5. The van der Waals surface area contributed by atoms with Gasteiger partial charge in [-0.25, -0.2) is 9.78 Å². The molecule has 0 saturated carbocycles. The molecular weight excluding hydrogens is 397 g/mol. The van der Waals surface area contributed by atoms with E-state index in [1.165, 1.54) is 29.5 Å². The fraction of sp³-hybridized carbons (Fsp3) is 0.550. The van der Waals surface area contributed by atoms with Crippen molar-refractivity contribution in [2.75, 3.05) is 37.6 Å². The van der Waals surface area contributed by atoms with Gasteiger partial charge in [0.2, 0.25) is 0 Å². The lowest BCUT2D eigenvalue weighted by atomic mass is 9.77. The summed E-state index contributed by atoms with van der Waals surface area (Å²) < 4.78 is 41.0. The average Bonchev–Trinajstić information content (AvgIpc) is 3.36. The quantitative estimate of drug-likeness (QED) is 0.765. The summed E-state index contributed by atoms with van der Waals surface area (Å²) in [5.74, 6) is 0. The van der Waals surface area contributed by atoms with E-state index in [4.69, 9.17) is 0 Å². The highest BCUT2D eigenvalue weighted by atomic mass is 19.4. The standard InChI is InChI=1S/C20H23F3N6O/c21-20(22,23)16-4-3-15(17(9-16)27-6-1-2-7-27)10-26-11-19(12-26)5-8-28(19)18(30)29-14-24-13-25-29/h3-4,9,13-14H,1-2,5-8,10-12H2. The zero-order valence-corrected chi connectivity index (χ0v) is 16.5. The molecule has 0 bridgehead atoms. The zero-order valence-electron chi connectivity index (χ0n) is 16.5. The Balaban J connectivity index is 1.30. The molecule has 0 radical (unpaired) electrons. The van der Waals surface area contributed by atoms with Gasteiger partial charge in [-0.15, -0.1) is 0 Å². The van der Waals surface area contributed by atoms with Crippen molar-refractivity contribution in [1.82, 2.24) is 24.6 Å². The largest absolute Gasteiger partial charge is 0.416 e. The van der Waals surface area contributed by atoms with E-state index in [-0.39, 0.29) is 11.6 Å². The summed E-state index contributed by atoms with van der Waals surface area (Å²) in [7, 11) is 0. The van der Waals surface area contributed by atoms with Crippen LogP contribution in [0.5, 0.6) is 0 Å². The minimum atomic E-state index is -4.35. The van der Waals surface area contributed by atoms with E-state index >= 15 is 0 Å². The number of alkyl halides is 3. The second kappa shape index (κ2) is 6.97. The van der Waals surface area contributed by atoms with Crippen LogP contribution in [0.4, 0.5) is 23.7 Å². The molecule has 3 fully saturated rings. The number of carbonyl (C=O) groups excluding carboxylic acids is 1. The van der Waals surface area contributed by atoms with Crippen LogP contribution in [0.2, 0.25) is 0 Å². The maximum atomic E-state index is 13.2. The van der Waals surface area contributed by atoms with Gasteiger partial charge >= 0.3 is 12.2 Å². The van der Waals surface area contributed by atoms with Crippen LogP contribution >= 0.6 is 0 Å². The molecule has 1 aromatic carbocycles. The third-order valence-corrected chi connectivity index (χ3v) is 6.51. The zero-order chi connectivity index (χ0) is 20.9. The van der Waals surface area contributed by atoms with Crippen molar-refractivity contribution in [3.63, 3.8) is 0 Å². The van der Waals surface area contributed by atoms with E-state index < -0.39 is 11.7 Å². The predicted octanol–water partition coefficient (Wildman–Crippen LogP) is 2.83. The Morgan fingerprint density at radius 3 is 2.50 bits per heavy atom.